The Labute approximate surface area is 101 Å². The third-order valence-corrected chi connectivity index (χ3v) is 3.32. The Kier molecular flexibility index (Phi) is 3.14. The summed E-state index contributed by atoms with van der Waals surface area (Å²) in [5.74, 6) is -0.162. The van der Waals surface area contributed by atoms with Crippen LogP contribution < -0.4 is 0 Å². The summed E-state index contributed by atoms with van der Waals surface area (Å²) in [6, 6.07) is 5.91. The van der Waals surface area contributed by atoms with Gasteiger partial charge in [0.1, 0.15) is 6.10 Å². The normalized spacial score (nSPS) is 17.4. The first-order chi connectivity index (χ1) is 8.17. The zero-order chi connectivity index (χ0) is 12.4. The molecule has 0 spiro atoms. The molecule has 1 aliphatic carbocycles. The molecule has 3 nitrogen and oxygen atoms in total. The van der Waals surface area contributed by atoms with Crippen molar-refractivity contribution in [2.24, 2.45) is 0 Å². The van der Waals surface area contributed by atoms with Crippen molar-refractivity contribution in [3.8, 4) is 6.07 Å². The number of rotatable bonds is 2. The molecule has 0 bridgehead atoms. The van der Waals surface area contributed by atoms with Gasteiger partial charge in [-0.25, -0.2) is 0 Å². The summed E-state index contributed by atoms with van der Waals surface area (Å²) in [4.78, 5) is 11.3. The maximum Gasteiger partial charge on any atom is 0.306 e. The highest BCUT2D eigenvalue weighted by molar-refractivity contribution is 5.69. The third-order valence-electron chi connectivity index (χ3n) is 3.32. The summed E-state index contributed by atoms with van der Waals surface area (Å²) >= 11 is 0. The predicted molar refractivity (Wildman–Crippen MR) is 63.3 cm³/mol. The first-order valence-corrected chi connectivity index (χ1v) is 5.89. The first-order valence-electron chi connectivity index (χ1n) is 5.89. The van der Waals surface area contributed by atoms with Gasteiger partial charge < -0.3 is 4.74 Å². The molecule has 1 atom stereocenters. The second-order valence-corrected chi connectivity index (χ2v) is 4.29. The van der Waals surface area contributed by atoms with Gasteiger partial charge in [-0.3, -0.25) is 4.79 Å². The summed E-state index contributed by atoms with van der Waals surface area (Å²) in [5, 5.41) is 8.96. The van der Waals surface area contributed by atoms with Crippen LogP contribution in [0.15, 0.2) is 12.1 Å². The van der Waals surface area contributed by atoms with Crippen LogP contribution in [-0.2, 0) is 16.0 Å². The minimum Gasteiger partial charge on any atom is -0.457 e. The number of hydrogen-bond acceptors (Lipinski definition) is 3. The smallest absolute Gasteiger partial charge is 0.306 e. The predicted octanol–water partition coefficient (Wildman–Crippen LogP) is 2.81. The highest BCUT2D eigenvalue weighted by Crippen LogP contribution is 2.36. The van der Waals surface area contributed by atoms with E-state index in [2.05, 4.69) is 6.07 Å². The number of esters is 1. The Hall–Kier alpha value is -1.82. The number of carbonyl (C=O) groups excluding carboxylic acids is 1. The number of nitrogens with zero attached hydrogens (tertiary/aromatic N) is 1. The fourth-order valence-corrected chi connectivity index (χ4v) is 2.33. The van der Waals surface area contributed by atoms with Gasteiger partial charge in [0.15, 0.2) is 0 Å². The molecule has 0 amide bonds. The van der Waals surface area contributed by atoms with Gasteiger partial charge in [-0.2, -0.15) is 5.26 Å². The van der Waals surface area contributed by atoms with Crippen LogP contribution in [0.5, 0.6) is 0 Å². The van der Waals surface area contributed by atoms with Crippen LogP contribution in [0.1, 0.15) is 48.1 Å². The zero-order valence-electron chi connectivity index (χ0n) is 10.1. The van der Waals surface area contributed by atoms with E-state index in [0.29, 0.717) is 12.0 Å². The van der Waals surface area contributed by atoms with Gasteiger partial charge in [-0.15, -0.1) is 0 Å². The van der Waals surface area contributed by atoms with Gasteiger partial charge in [-0.1, -0.05) is 13.0 Å². The highest BCUT2D eigenvalue weighted by atomic mass is 16.5. The molecule has 0 aliphatic heterocycles. The van der Waals surface area contributed by atoms with E-state index in [1.165, 1.54) is 5.56 Å². The zero-order valence-corrected chi connectivity index (χ0v) is 10.1. The second-order valence-electron chi connectivity index (χ2n) is 4.29. The average Bonchev–Trinajstić information content (AvgIpc) is 2.74. The molecule has 0 fully saturated rings. The SMILES string of the molecule is CCC(=O)O[C@@H]1CCc2c1ccc(C#N)c2C. The number of ether oxygens (including phenoxy) is 1. The Morgan fingerprint density at radius 1 is 1.59 bits per heavy atom. The van der Waals surface area contributed by atoms with Gasteiger partial charge in [0, 0.05) is 6.42 Å². The topological polar surface area (TPSA) is 50.1 Å². The largest absolute Gasteiger partial charge is 0.457 e. The van der Waals surface area contributed by atoms with Gasteiger partial charge in [0.25, 0.3) is 0 Å². The lowest BCUT2D eigenvalue weighted by Gasteiger charge is -2.13. The molecule has 0 unspecified atom stereocenters. The van der Waals surface area contributed by atoms with Crippen molar-refractivity contribution in [3.63, 3.8) is 0 Å². The maximum absolute atomic E-state index is 11.3. The minimum absolute atomic E-state index is 0.121. The first kappa shape index (κ1) is 11.7. The Morgan fingerprint density at radius 2 is 2.35 bits per heavy atom. The van der Waals surface area contributed by atoms with Gasteiger partial charge in [0.2, 0.25) is 0 Å². The second kappa shape index (κ2) is 4.58. The summed E-state index contributed by atoms with van der Waals surface area (Å²) in [7, 11) is 0. The lowest BCUT2D eigenvalue weighted by Crippen LogP contribution is -2.07. The van der Waals surface area contributed by atoms with E-state index in [1.807, 2.05) is 19.1 Å². The fourth-order valence-electron chi connectivity index (χ4n) is 2.33. The fraction of sp³-hybridized carbons (Fsp3) is 0.429. The molecule has 1 aliphatic rings. The minimum atomic E-state index is -0.162. The molecule has 88 valence electrons. The third kappa shape index (κ3) is 2.03. The highest BCUT2D eigenvalue weighted by Gasteiger charge is 2.27. The van der Waals surface area contributed by atoms with Crippen molar-refractivity contribution in [3.05, 3.63) is 34.4 Å². The van der Waals surface area contributed by atoms with E-state index in [4.69, 9.17) is 10.00 Å². The molecule has 1 aromatic rings. The quantitative estimate of drug-likeness (QED) is 0.733. The maximum atomic E-state index is 11.3. The molecule has 3 heteroatoms. The van der Waals surface area contributed by atoms with Crippen molar-refractivity contribution in [1.82, 2.24) is 0 Å². The van der Waals surface area contributed by atoms with Crippen LogP contribution in [0.3, 0.4) is 0 Å². The lowest BCUT2D eigenvalue weighted by atomic mass is 9.99. The van der Waals surface area contributed by atoms with Gasteiger partial charge in [0.05, 0.1) is 11.6 Å². The van der Waals surface area contributed by atoms with Crippen LogP contribution in [0.2, 0.25) is 0 Å². The standard InChI is InChI=1S/C14H15NO2/c1-3-14(16)17-13-7-6-11-9(2)10(8-15)4-5-12(11)13/h4-5,13H,3,6-7H2,1-2H3/t13-/m1/s1. The molecular weight excluding hydrogens is 214 g/mol. The number of nitriles is 1. The van der Waals surface area contributed by atoms with E-state index in [0.717, 1.165) is 24.0 Å². The van der Waals surface area contributed by atoms with E-state index in [9.17, 15) is 4.79 Å². The molecule has 0 saturated carbocycles. The summed E-state index contributed by atoms with van der Waals surface area (Å²) in [6.45, 7) is 3.75. The van der Waals surface area contributed by atoms with Crippen molar-refractivity contribution < 1.29 is 9.53 Å². The summed E-state index contributed by atoms with van der Waals surface area (Å²) in [5.41, 5.74) is 3.99. The van der Waals surface area contributed by atoms with Crippen LogP contribution in [0, 0.1) is 18.3 Å². The molecule has 2 rings (SSSR count). The van der Waals surface area contributed by atoms with Gasteiger partial charge >= 0.3 is 5.97 Å². The monoisotopic (exact) mass is 229 g/mol. The molecule has 0 N–H and O–H groups in total. The lowest BCUT2D eigenvalue weighted by molar-refractivity contribution is -0.148. The number of carbonyl (C=O) groups is 1. The van der Waals surface area contributed by atoms with Crippen LogP contribution in [0.25, 0.3) is 0 Å². The van der Waals surface area contributed by atoms with Crippen molar-refractivity contribution >= 4 is 5.97 Å². The molecule has 0 radical (unpaired) electrons. The van der Waals surface area contributed by atoms with E-state index in [1.54, 1.807) is 6.92 Å². The number of fused-ring (bicyclic) bond motifs is 1. The summed E-state index contributed by atoms with van der Waals surface area (Å²) in [6.07, 6.45) is 2.00. The van der Waals surface area contributed by atoms with E-state index >= 15 is 0 Å². The van der Waals surface area contributed by atoms with E-state index in [-0.39, 0.29) is 12.1 Å². The molecule has 17 heavy (non-hydrogen) atoms. The number of hydrogen-bond donors (Lipinski definition) is 0. The molecule has 0 aromatic heterocycles. The molecule has 0 heterocycles. The average molecular weight is 229 g/mol. The Bertz CT molecular complexity index is 500. The summed E-state index contributed by atoms with van der Waals surface area (Å²) < 4.78 is 5.39. The molecule has 0 saturated heterocycles. The Balaban J connectivity index is 2.31. The molecular formula is C14H15NO2. The van der Waals surface area contributed by atoms with Crippen molar-refractivity contribution in [2.75, 3.05) is 0 Å². The van der Waals surface area contributed by atoms with Crippen LogP contribution in [-0.4, -0.2) is 5.97 Å². The van der Waals surface area contributed by atoms with Gasteiger partial charge in [-0.05, 0) is 42.5 Å². The van der Waals surface area contributed by atoms with Crippen molar-refractivity contribution in [2.45, 2.75) is 39.2 Å². The number of benzene rings is 1. The van der Waals surface area contributed by atoms with Crippen LogP contribution >= 0.6 is 0 Å². The van der Waals surface area contributed by atoms with E-state index < -0.39 is 0 Å². The van der Waals surface area contributed by atoms with Crippen molar-refractivity contribution in [1.29, 1.82) is 5.26 Å². The Morgan fingerprint density at radius 3 is 3.00 bits per heavy atom. The molecule has 1 aromatic carbocycles. The van der Waals surface area contributed by atoms with Crippen LogP contribution in [0.4, 0.5) is 0 Å².